The van der Waals surface area contributed by atoms with Gasteiger partial charge in [0.25, 0.3) is 0 Å². The number of hydrogen-bond donors (Lipinski definition) is 0. The summed E-state index contributed by atoms with van der Waals surface area (Å²) >= 11 is 0. The van der Waals surface area contributed by atoms with Gasteiger partial charge >= 0.3 is 0 Å². The summed E-state index contributed by atoms with van der Waals surface area (Å²) in [7, 11) is 0. The van der Waals surface area contributed by atoms with Crippen LogP contribution in [-0.4, -0.2) is 24.0 Å². The summed E-state index contributed by atoms with van der Waals surface area (Å²) in [4.78, 5) is 2.67. The van der Waals surface area contributed by atoms with Crippen molar-refractivity contribution in [2.75, 3.05) is 13.1 Å². The summed E-state index contributed by atoms with van der Waals surface area (Å²) < 4.78 is 0. The Kier molecular flexibility index (Phi) is 4.67. The molecule has 0 aromatic carbocycles. The highest BCUT2D eigenvalue weighted by molar-refractivity contribution is 4.70. The van der Waals surface area contributed by atoms with Crippen LogP contribution in [-0.2, 0) is 0 Å². The topological polar surface area (TPSA) is 3.24 Å². The molecule has 0 amide bonds. The first kappa shape index (κ1) is 10.0. The maximum atomic E-state index is 2.67. The predicted octanol–water partition coefficient (Wildman–Crippen LogP) is 3.05. The average molecular weight is 169 g/mol. The van der Waals surface area contributed by atoms with Crippen molar-refractivity contribution < 1.29 is 0 Å². The van der Waals surface area contributed by atoms with Crippen LogP contribution in [0.25, 0.3) is 0 Å². The van der Waals surface area contributed by atoms with Crippen LogP contribution < -0.4 is 0 Å². The van der Waals surface area contributed by atoms with E-state index in [0.717, 1.165) is 6.04 Å². The van der Waals surface area contributed by atoms with Gasteiger partial charge in [-0.1, -0.05) is 26.2 Å². The molecule has 1 saturated heterocycles. The summed E-state index contributed by atoms with van der Waals surface area (Å²) in [6.07, 6.45) is 8.45. The van der Waals surface area contributed by atoms with E-state index in [1.165, 1.54) is 51.6 Å². The molecule has 0 aromatic heterocycles. The van der Waals surface area contributed by atoms with Crippen molar-refractivity contribution in [3.05, 3.63) is 0 Å². The van der Waals surface area contributed by atoms with Gasteiger partial charge in [-0.2, -0.15) is 0 Å². The highest BCUT2D eigenvalue weighted by Gasteiger charge is 2.15. The standard InChI is InChI=1S/C11H23N/c1-3-4-8-11(2)12-9-6-5-7-10-12/h11H,3-10H2,1-2H3. The van der Waals surface area contributed by atoms with Crippen LogP contribution in [0.2, 0.25) is 0 Å². The summed E-state index contributed by atoms with van der Waals surface area (Å²) in [6, 6.07) is 0.838. The minimum atomic E-state index is 0.838. The first-order chi connectivity index (χ1) is 5.84. The first-order valence-corrected chi connectivity index (χ1v) is 5.58. The summed E-state index contributed by atoms with van der Waals surface area (Å²) in [5.41, 5.74) is 0. The number of unbranched alkanes of at least 4 members (excludes halogenated alkanes) is 1. The van der Waals surface area contributed by atoms with Crippen molar-refractivity contribution in [1.82, 2.24) is 4.90 Å². The highest BCUT2D eigenvalue weighted by Crippen LogP contribution is 2.15. The van der Waals surface area contributed by atoms with Gasteiger partial charge in [0.05, 0.1) is 0 Å². The van der Waals surface area contributed by atoms with Crippen molar-refractivity contribution >= 4 is 0 Å². The molecule has 1 heterocycles. The molecule has 12 heavy (non-hydrogen) atoms. The van der Waals surface area contributed by atoms with Crippen molar-refractivity contribution in [2.45, 2.75) is 58.4 Å². The number of piperidine rings is 1. The van der Waals surface area contributed by atoms with E-state index in [0.29, 0.717) is 0 Å². The SMILES string of the molecule is CCCCC(C)N1CCCCC1. The van der Waals surface area contributed by atoms with Crippen LogP contribution in [0, 0.1) is 0 Å². The number of likely N-dealkylation sites (tertiary alicyclic amines) is 1. The molecule has 1 aliphatic rings. The molecule has 1 fully saturated rings. The molecule has 1 heteroatoms. The molecule has 1 nitrogen and oxygen atoms in total. The molecule has 0 bridgehead atoms. The Hall–Kier alpha value is -0.0400. The molecule has 1 rings (SSSR count). The minimum Gasteiger partial charge on any atom is -0.301 e. The number of hydrogen-bond acceptors (Lipinski definition) is 1. The van der Waals surface area contributed by atoms with E-state index in [1.807, 2.05) is 0 Å². The van der Waals surface area contributed by atoms with E-state index in [9.17, 15) is 0 Å². The van der Waals surface area contributed by atoms with Crippen LogP contribution in [0.15, 0.2) is 0 Å². The third kappa shape index (κ3) is 3.14. The van der Waals surface area contributed by atoms with Gasteiger partial charge in [0, 0.05) is 6.04 Å². The third-order valence-corrected chi connectivity index (χ3v) is 2.99. The fraction of sp³-hybridized carbons (Fsp3) is 1.00. The fourth-order valence-corrected chi connectivity index (χ4v) is 2.04. The lowest BCUT2D eigenvalue weighted by Gasteiger charge is -2.32. The smallest absolute Gasteiger partial charge is 0.00669 e. The van der Waals surface area contributed by atoms with E-state index >= 15 is 0 Å². The Balaban J connectivity index is 2.15. The van der Waals surface area contributed by atoms with Crippen LogP contribution in [0.5, 0.6) is 0 Å². The van der Waals surface area contributed by atoms with Crippen molar-refractivity contribution in [3.63, 3.8) is 0 Å². The van der Waals surface area contributed by atoms with Gasteiger partial charge in [0.1, 0.15) is 0 Å². The lowest BCUT2D eigenvalue weighted by atomic mass is 10.1. The maximum Gasteiger partial charge on any atom is 0.00669 e. The Labute approximate surface area is 77.1 Å². The summed E-state index contributed by atoms with van der Waals surface area (Å²) in [6.45, 7) is 7.37. The monoisotopic (exact) mass is 169 g/mol. The zero-order chi connectivity index (χ0) is 8.81. The maximum absolute atomic E-state index is 2.67. The van der Waals surface area contributed by atoms with Gasteiger partial charge in [0.2, 0.25) is 0 Å². The quantitative estimate of drug-likeness (QED) is 0.625. The molecule has 0 radical (unpaired) electrons. The Bertz CT molecular complexity index is 106. The van der Waals surface area contributed by atoms with Gasteiger partial charge < -0.3 is 4.90 Å². The zero-order valence-electron chi connectivity index (χ0n) is 8.68. The predicted molar refractivity (Wildman–Crippen MR) is 54.4 cm³/mol. The zero-order valence-corrected chi connectivity index (χ0v) is 8.68. The van der Waals surface area contributed by atoms with Gasteiger partial charge in [-0.15, -0.1) is 0 Å². The average Bonchev–Trinajstić information content (AvgIpc) is 2.15. The van der Waals surface area contributed by atoms with Crippen molar-refractivity contribution in [1.29, 1.82) is 0 Å². The largest absolute Gasteiger partial charge is 0.301 e. The molecule has 72 valence electrons. The lowest BCUT2D eigenvalue weighted by Crippen LogP contribution is -2.37. The molecule has 0 N–H and O–H groups in total. The van der Waals surface area contributed by atoms with Crippen molar-refractivity contribution in [3.8, 4) is 0 Å². The molecule has 0 spiro atoms. The van der Waals surface area contributed by atoms with Crippen LogP contribution in [0.1, 0.15) is 52.4 Å². The minimum absolute atomic E-state index is 0.838. The molecule has 1 unspecified atom stereocenters. The Morgan fingerprint density at radius 2 is 1.83 bits per heavy atom. The van der Waals surface area contributed by atoms with E-state index in [2.05, 4.69) is 18.7 Å². The molecule has 1 atom stereocenters. The number of nitrogens with zero attached hydrogens (tertiary/aromatic N) is 1. The summed E-state index contributed by atoms with van der Waals surface area (Å²) in [5, 5.41) is 0. The van der Waals surface area contributed by atoms with Gasteiger partial charge in [-0.05, 0) is 39.3 Å². The molecule has 0 aromatic rings. The Morgan fingerprint density at radius 1 is 1.17 bits per heavy atom. The lowest BCUT2D eigenvalue weighted by molar-refractivity contribution is 0.164. The molecular formula is C11H23N. The molecule has 0 aliphatic carbocycles. The van der Waals surface area contributed by atoms with Gasteiger partial charge in [-0.3, -0.25) is 0 Å². The van der Waals surface area contributed by atoms with Crippen LogP contribution >= 0.6 is 0 Å². The molecule has 0 saturated carbocycles. The third-order valence-electron chi connectivity index (χ3n) is 2.99. The van der Waals surface area contributed by atoms with Crippen LogP contribution in [0.4, 0.5) is 0 Å². The molecular weight excluding hydrogens is 146 g/mol. The van der Waals surface area contributed by atoms with Crippen molar-refractivity contribution in [2.24, 2.45) is 0 Å². The highest BCUT2D eigenvalue weighted by atomic mass is 15.1. The summed E-state index contributed by atoms with van der Waals surface area (Å²) in [5.74, 6) is 0. The second-order valence-corrected chi connectivity index (χ2v) is 4.09. The fourth-order valence-electron chi connectivity index (χ4n) is 2.04. The van der Waals surface area contributed by atoms with Crippen LogP contribution in [0.3, 0.4) is 0 Å². The Morgan fingerprint density at radius 3 is 2.42 bits per heavy atom. The normalized spacial score (nSPS) is 22.5. The number of rotatable bonds is 4. The van der Waals surface area contributed by atoms with E-state index in [1.54, 1.807) is 0 Å². The second kappa shape index (κ2) is 5.58. The first-order valence-electron chi connectivity index (χ1n) is 5.58. The van der Waals surface area contributed by atoms with E-state index in [-0.39, 0.29) is 0 Å². The van der Waals surface area contributed by atoms with E-state index in [4.69, 9.17) is 0 Å². The van der Waals surface area contributed by atoms with E-state index < -0.39 is 0 Å². The van der Waals surface area contributed by atoms with Gasteiger partial charge in [0.15, 0.2) is 0 Å². The van der Waals surface area contributed by atoms with Gasteiger partial charge in [-0.25, -0.2) is 0 Å². The second-order valence-electron chi connectivity index (χ2n) is 4.09. The molecule has 1 aliphatic heterocycles.